The molecule has 0 radical (unpaired) electrons. The number of Topliss-reactive ketones (excluding diaryl/α,β-unsaturated/α-hetero) is 1. The normalized spacial score (nSPS) is 19.0. The molecule has 0 saturated carbocycles. The summed E-state index contributed by atoms with van der Waals surface area (Å²) < 4.78 is 0. The fourth-order valence-electron chi connectivity index (χ4n) is 4.49. The van der Waals surface area contributed by atoms with Crippen LogP contribution >= 0.6 is 0 Å². The molecule has 0 spiro atoms. The minimum absolute atomic E-state index is 0.0256. The molecule has 1 atom stereocenters. The molecule has 1 aromatic carbocycles. The predicted octanol–water partition coefficient (Wildman–Crippen LogP) is 3.43. The fraction of sp³-hybridized carbons (Fsp3) is 0.455. The number of likely N-dealkylation sites (tertiary alicyclic amines) is 1. The van der Waals surface area contributed by atoms with Gasteiger partial charge >= 0.3 is 0 Å². The van der Waals surface area contributed by atoms with Crippen molar-refractivity contribution in [3.63, 3.8) is 0 Å². The van der Waals surface area contributed by atoms with Crippen LogP contribution in [0.4, 0.5) is 0 Å². The molecule has 1 aliphatic heterocycles. The van der Waals surface area contributed by atoms with Gasteiger partial charge in [0.2, 0.25) is 0 Å². The number of nitrogens with zero attached hydrogens (tertiary/aromatic N) is 1. The van der Waals surface area contributed by atoms with Gasteiger partial charge < -0.3 is 15.0 Å². The highest BCUT2D eigenvalue weighted by Crippen LogP contribution is 2.32. The highest BCUT2D eigenvalue weighted by Gasteiger charge is 2.32. The third-order valence-corrected chi connectivity index (χ3v) is 6.07. The van der Waals surface area contributed by atoms with Crippen LogP contribution in [-0.4, -0.2) is 39.8 Å². The van der Waals surface area contributed by atoms with Gasteiger partial charge in [0.1, 0.15) is 5.69 Å². The van der Waals surface area contributed by atoms with Crippen molar-refractivity contribution in [3.05, 3.63) is 58.4 Å². The Morgan fingerprint density at radius 1 is 1.19 bits per heavy atom. The quantitative estimate of drug-likeness (QED) is 0.874. The Kier molecular flexibility index (Phi) is 4.87. The Balaban J connectivity index is 1.44. The minimum Gasteiger partial charge on any atom is -0.388 e. The van der Waals surface area contributed by atoms with E-state index < -0.39 is 6.10 Å². The third-order valence-electron chi connectivity index (χ3n) is 6.07. The molecule has 2 aromatic rings. The number of piperidine rings is 1. The first-order valence-corrected chi connectivity index (χ1v) is 9.83. The monoisotopic (exact) mass is 366 g/mol. The number of hydrogen-bond donors (Lipinski definition) is 2. The van der Waals surface area contributed by atoms with E-state index in [9.17, 15) is 14.7 Å². The molecular formula is C22H26N2O3. The summed E-state index contributed by atoms with van der Waals surface area (Å²) in [4.78, 5) is 30.3. The number of H-pyrrole nitrogens is 1. The SMILES string of the molecule is Cc1c(C(=O)N2CCC(C(O)c3ccccc3)CC2)[nH]c2c1C(=O)CCC2. The zero-order chi connectivity index (χ0) is 19.0. The van der Waals surface area contributed by atoms with E-state index in [1.165, 1.54) is 0 Å². The predicted molar refractivity (Wildman–Crippen MR) is 103 cm³/mol. The summed E-state index contributed by atoms with van der Waals surface area (Å²) in [5.74, 6) is 0.284. The van der Waals surface area contributed by atoms with Gasteiger partial charge in [-0.2, -0.15) is 0 Å². The molecule has 2 N–H and O–H groups in total. The van der Waals surface area contributed by atoms with Gasteiger partial charge in [-0.1, -0.05) is 30.3 Å². The number of amides is 1. The number of hydrogen-bond acceptors (Lipinski definition) is 3. The lowest BCUT2D eigenvalue weighted by Crippen LogP contribution is -2.40. The summed E-state index contributed by atoms with van der Waals surface area (Å²) in [5, 5.41) is 10.6. The molecule has 2 heterocycles. The molecule has 27 heavy (non-hydrogen) atoms. The second kappa shape index (κ2) is 7.31. The van der Waals surface area contributed by atoms with E-state index in [2.05, 4.69) is 4.98 Å². The zero-order valence-electron chi connectivity index (χ0n) is 15.7. The van der Waals surface area contributed by atoms with Crippen molar-refractivity contribution in [3.8, 4) is 0 Å². The van der Waals surface area contributed by atoms with Gasteiger partial charge in [-0.05, 0) is 49.7 Å². The summed E-state index contributed by atoms with van der Waals surface area (Å²) in [5.41, 5.74) is 3.96. The molecule has 0 bridgehead atoms. The van der Waals surface area contributed by atoms with Crippen LogP contribution in [0.5, 0.6) is 0 Å². The number of carbonyl (C=O) groups is 2. The number of rotatable bonds is 3. The summed E-state index contributed by atoms with van der Waals surface area (Å²) in [6.07, 6.45) is 3.33. The third kappa shape index (κ3) is 3.32. The lowest BCUT2D eigenvalue weighted by Gasteiger charge is -2.34. The highest BCUT2D eigenvalue weighted by molar-refractivity contribution is 6.04. The summed E-state index contributed by atoms with van der Waals surface area (Å²) in [6, 6.07) is 9.72. The number of nitrogens with one attached hydrogen (secondary N) is 1. The van der Waals surface area contributed by atoms with E-state index in [4.69, 9.17) is 0 Å². The highest BCUT2D eigenvalue weighted by atomic mass is 16.3. The minimum atomic E-state index is -0.486. The molecule has 1 amide bonds. The van der Waals surface area contributed by atoms with E-state index in [-0.39, 0.29) is 17.6 Å². The van der Waals surface area contributed by atoms with Crippen molar-refractivity contribution in [2.75, 3.05) is 13.1 Å². The topological polar surface area (TPSA) is 73.4 Å². The molecule has 142 valence electrons. The number of aryl methyl sites for hydroxylation is 1. The lowest BCUT2D eigenvalue weighted by molar-refractivity contribution is 0.0458. The van der Waals surface area contributed by atoms with E-state index in [1.807, 2.05) is 42.2 Å². The molecule has 1 aromatic heterocycles. The average molecular weight is 366 g/mol. The maximum Gasteiger partial charge on any atom is 0.270 e. The van der Waals surface area contributed by atoms with Gasteiger partial charge in [0.05, 0.1) is 6.10 Å². The number of aromatic amines is 1. The molecular weight excluding hydrogens is 340 g/mol. The van der Waals surface area contributed by atoms with Crippen LogP contribution in [0.15, 0.2) is 30.3 Å². The zero-order valence-corrected chi connectivity index (χ0v) is 15.7. The molecule has 2 aliphatic rings. The van der Waals surface area contributed by atoms with Crippen molar-refractivity contribution >= 4 is 11.7 Å². The van der Waals surface area contributed by atoms with Crippen LogP contribution in [0.3, 0.4) is 0 Å². The van der Waals surface area contributed by atoms with Crippen LogP contribution < -0.4 is 0 Å². The van der Waals surface area contributed by atoms with Gasteiger partial charge in [-0.25, -0.2) is 0 Å². The van der Waals surface area contributed by atoms with Crippen molar-refractivity contribution in [2.24, 2.45) is 5.92 Å². The molecule has 1 fully saturated rings. The maximum absolute atomic E-state index is 13.0. The summed E-state index contributed by atoms with van der Waals surface area (Å²) in [7, 11) is 0. The Morgan fingerprint density at radius 3 is 2.56 bits per heavy atom. The van der Waals surface area contributed by atoms with E-state index in [0.717, 1.165) is 48.1 Å². The number of benzene rings is 1. The van der Waals surface area contributed by atoms with Crippen molar-refractivity contribution < 1.29 is 14.7 Å². The maximum atomic E-state index is 13.0. The van der Waals surface area contributed by atoms with Gasteiger partial charge in [0.15, 0.2) is 5.78 Å². The Morgan fingerprint density at radius 2 is 1.89 bits per heavy atom. The van der Waals surface area contributed by atoms with E-state index in [1.54, 1.807) is 0 Å². The van der Waals surface area contributed by atoms with E-state index >= 15 is 0 Å². The van der Waals surface area contributed by atoms with Gasteiger partial charge in [-0.3, -0.25) is 9.59 Å². The number of ketones is 1. The van der Waals surface area contributed by atoms with Crippen LogP contribution in [0.25, 0.3) is 0 Å². The van der Waals surface area contributed by atoms with Crippen LogP contribution in [0, 0.1) is 12.8 Å². The molecule has 1 saturated heterocycles. The van der Waals surface area contributed by atoms with Crippen molar-refractivity contribution in [2.45, 2.75) is 45.1 Å². The standard InChI is InChI=1S/C22H26N2O3/c1-14-19-17(8-5-9-18(19)25)23-20(14)22(27)24-12-10-16(11-13-24)21(26)15-6-3-2-4-7-15/h2-4,6-7,16,21,23,26H,5,8-13H2,1H3. The lowest BCUT2D eigenvalue weighted by atomic mass is 9.87. The fourth-order valence-corrected chi connectivity index (χ4v) is 4.49. The second-order valence-corrected chi connectivity index (χ2v) is 7.74. The Bertz CT molecular complexity index is 848. The number of fused-ring (bicyclic) bond motifs is 1. The Labute approximate surface area is 159 Å². The molecule has 4 rings (SSSR count). The molecule has 1 unspecified atom stereocenters. The smallest absolute Gasteiger partial charge is 0.270 e. The van der Waals surface area contributed by atoms with Crippen LogP contribution in [-0.2, 0) is 6.42 Å². The van der Waals surface area contributed by atoms with Crippen molar-refractivity contribution in [1.29, 1.82) is 0 Å². The van der Waals surface area contributed by atoms with Crippen LogP contribution in [0.2, 0.25) is 0 Å². The first-order chi connectivity index (χ1) is 13.1. The summed E-state index contributed by atoms with van der Waals surface area (Å²) in [6.45, 7) is 3.13. The van der Waals surface area contributed by atoms with Gasteiger partial charge in [0, 0.05) is 30.8 Å². The average Bonchev–Trinajstić information content (AvgIpc) is 3.05. The van der Waals surface area contributed by atoms with E-state index in [0.29, 0.717) is 25.2 Å². The Hall–Kier alpha value is -2.40. The first kappa shape index (κ1) is 18.0. The molecule has 1 aliphatic carbocycles. The number of carbonyl (C=O) groups excluding carboxylic acids is 2. The molecule has 5 heteroatoms. The van der Waals surface area contributed by atoms with Gasteiger partial charge in [-0.15, -0.1) is 0 Å². The molecule has 5 nitrogen and oxygen atoms in total. The summed E-state index contributed by atoms with van der Waals surface area (Å²) >= 11 is 0. The second-order valence-electron chi connectivity index (χ2n) is 7.74. The largest absolute Gasteiger partial charge is 0.388 e. The first-order valence-electron chi connectivity index (χ1n) is 9.83. The van der Waals surface area contributed by atoms with Gasteiger partial charge in [0.25, 0.3) is 5.91 Å². The van der Waals surface area contributed by atoms with Crippen molar-refractivity contribution in [1.82, 2.24) is 9.88 Å². The number of aliphatic hydroxyl groups excluding tert-OH is 1. The van der Waals surface area contributed by atoms with Crippen LogP contribution in [0.1, 0.15) is 69.5 Å². The number of aromatic nitrogens is 1. The number of aliphatic hydroxyl groups is 1.